The quantitative estimate of drug-likeness (QED) is 0.829. The lowest BCUT2D eigenvalue weighted by Gasteiger charge is -2.36. The Morgan fingerprint density at radius 1 is 1.28 bits per heavy atom. The van der Waals surface area contributed by atoms with Crippen LogP contribution in [-0.4, -0.2) is 12.0 Å². The van der Waals surface area contributed by atoms with Gasteiger partial charge in [0.05, 0.1) is 5.92 Å². The number of amides is 2. The van der Waals surface area contributed by atoms with Crippen molar-refractivity contribution in [3.8, 4) is 0 Å². The molecule has 0 aliphatic heterocycles. The van der Waals surface area contributed by atoms with Crippen molar-refractivity contribution in [1.29, 1.82) is 0 Å². The zero-order valence-corrected chi connectivity index (χ0v) is 10.6. The Bertz CT molecular complexity index is 433. The van der Waals surface area contributed by atoms with Gasteiger partial charge in [-0.15, -0.1) is 0 Å². The molecule has 0 spiro atoms. The van der Waals surface area contributed by atoms with Gasteiger partial charge in [-0.25, -0.2) is 4.79 Å². The molecule has 0 aliphatic rings. The first-order valence-corrected chi connectivity index (χ1v) is 5.77. The van der Waals surface area contributed by atoms with Gasteiger partial charge in [0.15, 0.2) is 0 Å². The third kappa shape index (κ3) is 2.61. The van der Waals surface area contributed by atoms with E-state index in [2.05, 4.69) is 0 Å². The largest absolute Gasteiger partial charge is 0.437 e. The van der Waals surface area contributed by atoms with E-state index in [4.69, 9.17) is 16.2 Å². The van der Waals surface area contributed by atoms with Crippen LogP contribution in [-0.2, 0) is 15.1 Å². The fourth-order valence-electron chi connectivity index (χ4n) is 2.11. The number of carbonyl (C=O) groups excluding carboxylic acids is 2. The van der Waals surface area contributed by atoms with Gasteiger partial charge in [0.2, 0.25) is 5.91 Å². The first-order valence-electron chi connectivity index (χ1n) is 5.77. The van der Waals surface area contributed by atoms with Crippen molar-refractivity contribution in [3.05, 3.63) is 35.9 Å². The minimum absolute atomic E-state index is 0.407. The van der Waals surface area contributed by atoms with Crippen LogP contribution in [0.5, 0.6) is 0 Å². The third-order valence-corrected chi connectivity index (χ3v) is 3.20. The van der Waals surface area contributed by atoms with Crippen molar-refractivity contribution in [2.45, 2.75) is 25.9 Å². The summed E-state index contributed by atoms with van der Waals surface area (Å²) < 4.78 is 5.23. The number of rotatable bonds is 5. The van der Waals surface area contributed by atoms with Crippen LogP contribution in [0.3, 0.4) is 0 Å². The van der Waals surface area contributed by atoms with Crippen LogP contribution in [0.1, 0.15) is 25.8 Å². The van der Waals surface area contributed by atoms with E-state index >= 15 is 0 Å². The molecule has 5 nitrogen and oxygen atoms in total. The molecule has 5 heteroatoms. The van der Waals surface area contributed by atoms with E-state index in [0.717, 1.165) is 0 Å². The van der Waals surface area contributed by atoms with Gasteiger partial charge in [0, 0.05) is 0 Å². The molecule has 2 atom stereocenters. The highest BCUT2D eigenvalue weighted by Crippen LogP contribution is 2.37. The molecule has 0 fully saturated rings. The standard InChI is InChI=1S/C13H18N2O3/c1-3-13(18-12(15)17,9(2)11(14)16)10-7-5-4-6-8-10/h4-9H,3H2,1-2H3,(H2,14,16)(H2,15,17). The van der Waals surface area contributed by atoms with Crippen molar-refractivity contribution >= 4 is 12.0 Å². The van der Waals surface area contributed by atoms with Crippen LogP contribution >= 0.6 is 0 Å². The third-order valence-electron chi connectivity index (χ3n) is 3.20. The predicted molar refractivity (Wildman–Crippen MR) is 67.4 cm³/mol. The number of nitrogens with two attached hydrogens (primary N) is 2. The van der Waals surface area contributed by atoms with E-state index in [1.54, 1.807) is 31.2 Å². The second-order valence-electron chi connectivity index (χ2n) is 4.15. The average Bonchev–Trinajstić information content (AvgIpc) is 2.35. The summed E-state index contributed by atoms with van der Waals surface area (Å²) in [5.74, 6) is -1.21. The zero-order valence-electron chi connectivity index (χ0n) is 10.6. The molecule has 98 valence electrons. The summed E-state index contributed by atoms with van der Waals surface area (Å²) in [5.41, 5.74) is 10.0. The summed E-state index contributed by atoms with van der Waals surface area (Å²) in [6, 6.07) is 9.01. The van der Waals surface area contributed by atoms with E-state index in [1.165, 1.54) is 0 Å². The zero-order chi connectivity index (χ0) is 13.8. The number of primary amides is 2. The van der Waals surface area contributed by atoms with Crippen LogP contribution in [0.4, 0.5) is 4.79 Å². The SMILES string of the molecule is CCC(OC(N)=O)(c1ccccc1)C(C)C(N)=O. The maximum Gasteiger partial charge on any atom is 0.405 e. The minimum Gasteiger partial charge on any atom is -0.437 e. The van der Waals surface area contributed by atoms with Gasteiger partial charge in [0.25, 0.3) is 0 Å². The highest BCUT2D eigenvalue weighted by molar-refractivity contribution is 5.78. The van der Waals surface area contributed by atoms with E-state index in [9.17, 15) is 9.59 Å². The van der Waals surface area contributed by atoms with Crippen LogP contribution in [0, 0.1) is 5.92 Å². The van der Waals surface area contributed by atoms with E-state index in [1.807, 2.05) is 13.0 Å². The lowest BCUT2D eigenvalue weighted by atomic mass is 9.79. The molecule has 2 unspecified atom stereocenters. The number of hydrogen-bond donors (Lipinski definition) is 2. The highest BCUT2D eigenvalue weighted by atomic mass is 16.6. The van der Waals surface area contributed by atoms with Gasteiger partial charge in [-0.1, -0.05) is 37.3 Å². The average molecular weight is 250 g/mol. The van der Waals surface area contributed by atoms with E-state index < -0.39 is 23.5 Å². The fraction of sp³-hybridized carbons (Fsp3) is 0.385. The Labute approximate surface area is 106 Å². The topological polar surface area (TPSA) is 95.4 Å². The first kappa shape index (κ1) is 14.0. The van der Waals surface area contributed by atoms with Crippen LogP contribution in [0.25, 0.3) is 0 Å². The van der Waals surface area contributed by atoms with Crippen LogP contribution in [0.2, 0.25) is 0 Å². The summed E-state index contributed by atoms with van der Waals surface area (Å²) in [4.78, 5) is 22.6. The number of ether oxygens (including phenoxy) is 1. The molecule has 2 amide bonds. The lowest BCUT2D eigenvalue weighted by Crippen LogP contribution is -2.45. The maximum absolute atomic E-state index is 11.4. The maximum atomic E-state index is 11.4. The van der Waals surface area contributed by atoms with Crippen molar-refractivity contribution in [1.82, 2.24) is 0 Å². The molecule has 0 saturated heterocycles. The Kier molecular flexibility index (Phi) is 4.31. The van der Waals surface area contributed by atoms with Crippen LogP contribution in [0.15, 0.2) is 30.3 Å². The van der Waals surface area contributed by atoms with Gasteiger partial charge < -0.3 is 16.2 Å². The second kappa shape index (κ2) is 5.53. The summed E-state index contributed by atoms with van der Waals surface area (Å²) >= 11 is 0. The molecule has 4 N–H and O–H groups in total. The Morgan fingerprint density at radius 3 is 2.22 bits per heavy atom. The summed E-state index contributed by atoms with van der Waals surface area (Å²) in [5, 5.41) is 0. The molecular weight excluding hydrogens is 232 g/mol. The van der Waals surface area contributed by atoms with E-state index in [0.29, 0.717) is 12.0 Å². The van der Waals surface area contributed by atoms with Gasteiger partial charge in [-0.2, -0.15) is 0 Å². The minimum atomic E-state index is -1.11. The number of hydrogen-bond acceptors (Lipinski definition) is 3. The van der Waals surface area contributed by atoms with Gasteiger partial charge in [0.1, 0.15) is 5.60 Å². The van der Waals surface area contributed by atoms with Crippen LogP contribution < -0.4 is 11.5 Å². The summed E-state index contributed by atoms with van der Waals surface area (Å²) in [6.07, 6.45) is -0.516. The Morgan fingerprint density at radius 2 is 1.83 bits per heavy atom. The Hall–Kier alpha value is -2.04. The van der Waals surface area contributed by atoms with Gasteiger partial charge in [-0.05, 0) is 18.9 Å². The number of benzene rings is 1. The molecule has 1 rings (SSSR count). The monoisotopic (exact) mass is 250 g/mol. The molecule has 0 saturated carbocycles. The molecule has 1 aromatic rings. The van der Waals surface area contributed by atoms with Crippen molar-refractivity contribution in [2.75, 3.05) is 0 Å². The molecule has 0 radical (unpaired) electrons. The first-order chi connectivity index (χ1) is 8.44. The normalized spacial score (nSPS) is 15.4. The molecule has 0 aromatic heterocycles. The summed E-state index contributed by atoms with van der Waals surface area (Å²) in [7, 11) is 0. The highest BCUT2D eigenvalue weighted by Gasteiger charge is 2.42. The molecular formula is C13H18N2O3. The second-order valence-corrected chi connectivity index (χ2v) is 4.15. The van der Waals surface area contributed by atoms with Crippen molar-refractivity contribution < 1.29 is 14.3 Å². The molecule has 0 heterocycles. The van der Waals surface area contributed by atoms with E-state index in [-0.39, 0.29) is 0 Å². The smallest absolute Gasteiger partial charge is 0.405 e. The summed E-state index contributed by atoms with van der Waals surface area (Å²) in [6.45, 7) is 3.44. The van der Waals surface area contributed by atoms with Crippen molar-refractivity contribution in [3.63, 3.8) is 0 Å². The lowest BCUT2D eigenvalue weighted by molar-refractivity contribution is -0.131. The molecule has 1 aromatic carbocycles. The Balaban J connectivity index is 3.31. The molecule has 0 aliphatic carbocycles. The molecule has 0 bridgehead atoms. The molecule has 18 heavy (non-hydrogen) atoms. The number of carbonyl (C=O) groups is 2. The van der Waals surface area contributed by atoms with Crippen molar-refractivity contribution in [2.24, 2.45) is 17.4 Å². The van der Waals surface area contributed by atoms with Gasteiger partial charge >= 0.3 is 6.09 Å². The van der Waals surface area contributed by atoms with Gasteiger partial charge in [-0.3, -0.25) is 4.79 Å². The predicted octanol–water partition coefficient (Wildman–Crippen LogP) is 1.51. The fourth-order valence-corrected chi connectivity index (χ4v) is 2.11.